The van der Waals surface area contributed by atoms with Crippen LogP contribution in [0.1, 0.15) is 42.9 Å². The van der Waals surface area contributed by atoms with Crippen LogP contribution in [0.15, 0.2) is 115 Å². The number of piperidine rings is 1. The van der Waals surface area contributed by atoms with Crippen molar-refractivity contribution < 1.29 is 29.5 Å². The number of carbonyl (C=O) groups is 3. The number of benzene rings is 4. The largest absolute Gasteiger partial charge is 0.395 e. The summed E-state index contributed by atoms with van der Waals surface area (Å²) in [6.45, 7) is 3.72. The van der Waals surface area contributed by atoms with Gasteiger partial charge in [0.25, 0.3) is 17.5 Å². The molecule has 2 atom stereocenters. The lowest BCUT2D eigenvalue weighted by Crippen LogP contribution is -2.55. The van der Waals surface area contributed by atoms with Crippen LogP contribution in [0.25, 0.3) is 0 Å². The molecule has 0 radical (unpaired) electrons. The van der Waals surface area contributed by atoms with Crippen LogP contribution in [0, 0.1) is 16.0 Å². The van der Waals surface area contributed by atoms with Gasteiger partial charge in [-0.3, -0.25) is 29.4 Å². The molecule has 13 heteroatoms. The third-order valence-electron chi connectivity index (χ3n) is 11.3. The molecule has 4 aromatic rings. The molecule has 3 amide bonds. The van der Waals surface area contributed by atoms with E-state index < -0.39 is 27.9 Å². The quantitative estimate of drug-likeness (QED) is 0.0983. The van der Waals surface area contributed by atoms with Gasteiger partial charge in [-0.25, -0.2) is 0 Å². The molecule has 4 aromatic carbocycles. The zero-order valence-electron chi connectivity index (χ0n) is 31.3. The van der Waals surface area contributed by atoms with Crippen LogP contribution >= 0.6 is 0 Å². The van der Waals surface area contributed by atoms with Crippen molar-refractivity contribution in [1.29, 1.82) is 0 Å². The maximum atomic E-state index is 14.4. The number of amides is 3. The number of rotatable bonds is 13. The van der Waals surface area contributed by atoms with E-state index in [-0.39, 0.29) is 49.2 Å². The predicted molar refractivity (Wildman–Crippen MR) is 213 cm³/mol. The molecule has 0 aliphatic carbocycles. The van der Waals surface area contributed by atoms with Gasteiger partial charge in [0, 0.05) is 54.5 Å². The second-order valence-corrected chi connectivity index (χ2v) is 14.7. The minimum atomic E-state index is -2.17. The first kappa shape index (κ1) is 38.4. The molecule has 3 aliphatic heterocycles. The van der Waals surface area contributed by atoms with Gasteiger partial charge in [0.2, 0.25) is 5.91 Å². The number of nitro benzene ring substituents is 1. The van der Waals surface area contributed by atoms with Crippen LogP contribution in [0.2, 0.25) is 0 Å². The Morgan fingerprint density at radius 2 is 1.61 bits per heavy atom. The normalized spacial score (nSPS) is 19.5. The van der Waals surface area contributed by atoms with E-state index in [0.717, 1.165) is 24.3 Å². The third kappa shape index (κ3) is 7.16. The van der Waals surface area contributed by atoms with Crippen LogP contribution in [-0.4, -0.2) is 76.2 Å². The minimum absolute atomic E-state index is 0.0166. The molecule has 7 rings (SSSR count). The second kappa shape index (κ2) is 16.1. The van der Waals surface area contributed by atoms with Gasteiger partial charge in [0.05, 0.1) is 30.4 Å². The maximum Gasteiger partial charge on any atom is 0.269 e. The number of carbonyl (C=O) groups excluding carboxylic acids is 3. The first-order valence-corrected chi connectivity index (χ1v) is 18.9. The number of anilines is 3. The molecule has 0 unspecified atom stereocenters. The Balaban J connectivity index is 1.13. The topological polar surface area (TPSA) is 160 Å². The molecule has 3 heterocycles. The van der Waals surface area contributed by atoms with Crippen molar-refractivity contribution in [2.45, 2.75) is 50.4 Å². The van der Waals surface area contributed by atoms with Gasteiger partial charge in [0.1, 0.15) is 5.54 Å². The standard InChI is InChI=1S/C43H46N6O7/c1-31(10-8-17-39(51)45(24-25-50)28-32-11-4-2-5-12-32)43(54)37-27-36(49(55)56)18-19-38(37)46(41(43)53)29-33-13-9-16-35(26-33)47-30-48(34-14-6-3-7-15-34)42(40(47)52)20-22-44-23-21-42/h2-16,18-19,26-27,31,44,50,54H,17,20-25,28-30H2,1H3/b10-8+/t31-,43+/m0/s1. The zero-order chi connectivity index (χ0) is 39.5. The number of non-ortho nitro benzene ring substituents is 1. The van der Waals surface area contributed by atoms with Gasteiger partial charge < -0.3 is 30.2 Å². The number of aliphatic hydroxyl groups is 2. The summed E-state index contributed by atoms with van der Waals surface area (Å²) < 4.78 is 0. The van der Waals surface area contributed by atoms with Gasteiger partial charge in [0.15, 0.2) is 5.60 Å². The summed E-state index contributed by atoms with van der Waals surface area (Å²) in [5.41, 5.74) is 0.564. The molecule has 56 heavy (non-hydrogen) atoms. The summed E-state index contributed by atoms with van der Waals surface area (Å²) in [6, 6.07) is 30.8. The molecule has 2 fully saturated rings. The summed E-state index contributed by atoms with van der Waals surface area (Å²) in [6.07, 6.45) is 4.44. The highest BCUT2D eigenvalue weighted by Gasteiger charge is 2.54. The molecule has 290 valence electrons. The lowest BCUT2D eigenvalue weighted by molar-refractivity contribution is -0.385. The van der Waals surface area contributed by atoms with Gasteiger partial charge in [-0.05, 0) is 67.4 Å². The Morgan fingerprint density at radius 3 is 2.30 bits per heavy atom. The lowest BCUT2D eigenvalue weighted by atomic mass is 9.82. The highest BCUT2D eigenvalue weighted by Crippen LogP contribution is 2.47. The van der Waals surface area contributed by atoms with E-state index in [1.165, 1.54) is 28.0 Å². The molecule has 0 saturated carbocycles. The summed E-state index contributed by atoms with van der Waals surface area (Å²) >= 11 is 0. The molecule has 0 bridgehead atoms. The Bertz CT molecular complexity index is 2120. The fourth-order valence-electron chi connectivity index (χ4n) is 8.24. The Morgan fingerprint density at radius 1 is 0.929 bits per heavy atom. The Hall–Kier alpha value is -5.89. The maximum absolute atomic E-state index is 14.4. The number of nitrogens with zero attached hydrogens (tertiary/aromatic N) is 5. The average Bonchev–Trinajstić information content (AvgIpc) is 3.61. The fourth-order valence-corrected chi connectivity index (χ4v) is 8.24. The number of nitrogens with one attached hydrogen (secondary N) is 1. The van der Waals surface area contributed by atoms with E-state index >= 15 is 0 Å². The molecule has 3 aliphatic rings. The number of para-hydroxylation sites is 1. The number of hydrogen-bond donors (Lipinski definition) is 3. The second-order valence-electron chi connectivity index (χ2n) is 14.7. The first-order valence-electron chi connectivity index (χ1n) is 18.9. The van der Waals surface area contributed by atoms with Gasteiger partial charge in [-0.2, -0.15) is 0 Å². The molecular weight excluding hydrogens is 713 g/mol. The van der Waals surface area contributed by atoms with E-state index in [4.69, 9.17) is 0 Å². The third-order valence-corrected chi connectivity index (χ3v) is 11.3. The van der Waals surface area contributed by atoms with Crippen LogP contribution < -0.4 is 20.0 Å². The molecule has 3 N–H and O–H groups in total. The number of aliphatic hydroxyl groups excluding tert-OH is 1. The van der Waals surface area contributed by atoms with Crippen molar-refractivity contribution in [1.82, 2.24) is 10.2 Å². The van der Waals surface area contributed by atoms with Gasteiger partial charge in [-0.1, -0.05) is 79.7 Å². The van der Waals surface area contributed by atoms with Crippen molar-refractivity contribution in [2.24, 2.45) is 5.92 Å². The van der Waals surface area contributed by atoms with Crippen LogP contribution in [0.5, 0.6) is 0 Å². The fraction of sp³-hybridized carbons (Fsp3) is 0.326. The molecule has 1 spiro atoms. The van der Waals surface area contributed by atoms with E-state index in [9.17, 15) is 34.7 Å². The van der Waals surface area contributed by atoms with Crippen LogP contribution in [0.3, 0.4) is 0 Å². The number of fused-ring (bicyclic) bond motifs is 1. The minimum Gasteiger partial charge on any atom is -0.395 e. The van der Waals surface area contributed by atoms with Crippen molar-refractivity contribution in [3.63, 3.8) is 0 Å². The molecular formula is C43H46N6O7. The van der Waals surface area contributed by atoms with Crippen molar-refractivity contribution in [3.05, 3.63) is 142 Å². The highest BCUT2D eigenvalue weighted by atomic mass is 16.6. The van der Waals surface area contributed by atoms with Crippen LogP contribution in [-0.2, 0) is 33.1 Å². The SMILES string of the molecule is C[C@@H](/C=C/CC(=O)N(CCO)Cc1ccccc1)[C@]1(O)C(=O)N(Cc2cccc(N3CN(c4ccccc4)C4(CCNCC4)C3=O)c2)c2ccc([N+](=O)[O-])cc21. The summed E-state index contributed by atoms with van der Waals surface area (Å²) in [7, 11) is 0. The smallest absolute Gasteiger partial charge is 0.269 e. The average molecular weight is 759 g/mol. The highest BCUT2D eigenvalue weighted by molar-refractivity contribution is 6.08. The molecule has 0 aromatic heterocycles. The monoisotopic (exact) mass is 758 g/mol. The van der Waals surface area contributed by atoms with Crippen molar-refractivity contribution >= 4 is 40.5 Å². The Kier molecular flexibility index (Phi) is 11.0. The summed E-state index contributed by atoms with van der Waals surface area (Å²) in [5.74, 6) is -1.77. The predicted octanol–water partition coefficient (Wildman–Crippen LogP) is 4.87. The van der Waals surface area contributed by atoms with Crippen molar-refractivity contribution in [2.75, 3.05) is 47.6 Å². The molecule has 13 nitrogen and oxygen atoms in total. The number of nitro groups is 1. The van der Waals surface area contributed by atoms with Gasteiger partial charge in [-0.15, -0.1) is 0 Å². The summed E-state index contributed by atoms with van der Waals surface area (Å²) in [5, 5.41) is 37.1. The first-order chi connectivity index (χ1) is 27.1. The van der Waals surface area contributed by atoms with E-state index in [0.29, 0.717) is 43.0 Å². The van der Waals surface area contributed by atoms with Crippen LogP contribution in [0.4, 0.5) is 22.7 Å². The van der Waals surface area contributed by atoms with E-state index in [2.05, 4.69) is 10.2 Å². The molecule has 2 saturated heterocycles. The van der Waals surface area contributed by atoms with Gasteiger partial charge >= 0.3 is 0 Å². The lowest BCUT2D eigenvalue weighted by Gasteiger charge is -2.39. The number of hydrogen-bond acceptors (Lipinski definition) is 9. The van der Waals surface area contributed by atoms with Crippen molar-refractivity contribution in [3.8, 4) is 0 Å². The Labute approximate surface area is 325 Å². The summed E-state index contributed by atoms with van der Waals surface area (Å²) in [4.78, 5) is 60.1. The van der Waals surface area contributed by atoms with E-state index in [1.54, 1.807) is 24.0 Å². The van der Waals surface area contributed by atoms with E-state index in [1.807, 2.05) is 84.9 Å². The zero-order valence-corrected chi connectivity index (χ0v) is 31.3.